The molecule has 17 heteroatoms. The fourth-order valence-corrected chi connectivity index (χ4v) is 8.93. The van der Waals surface area contributed by atoms with Crippen molar-refractivity contribution in [3.8, 4) is 11.8 Å². The predicted octanol–water partition coefficient (Wildman–Crippen LogP) is 6.86. The number of hydrogen-bond donors (Lipinski definition) is 2. The van der Waals surface area contributed by atoms with Gasteiger partial charge < -0.3 is 24.4 Å². The first-order valence-electron chi connectivity index (χ1n) is 20.1. The van der Waals surface area contributed by atoms with Crippen molar-refractivity contribution in [3.63, 3.8) is 0 Å². The van der Waals surface area contributed by atoms with Crippen LogP contribution in [0.15, 0.2) is 60.8 Å². The highest BCUT2D eigenvalue weighted by Crippen LogP contribution is 2.36. The molecule has 2 N–H and O–H groups in total. The summed E-state index contributed by atoms with van der Waals surface area (Å²) in [6, 6.07) is 16.5. The molecule has 0 bridgehead atoms. The first-order valence-corrected chi connectivity index (χ1v) is 20.1. The molecule has 312 valence electrons. The van der Waals surface area contributed by atoms with Crippen molar-refractivity contribution in [2.75, 3.05) is 49.1 Å². The lowest BCUT2D eigenvalue weighted by Gasteiger charge is -2.38. The van der Waals surface area contributed by atoms with Gasteiger partial charge in [0, 0.05) is 69.4 Å². The number of nitriles is 1. The standard InChI is InChI=1S/C42H46F3N9O4.ClH/c43-42(44,45)34-24-32(7-4-28(34)25-46)58-31-8-5-29(6-9-31)47-40(56)35-10-11-38(50-49-35)52-20-12-27(13-21-52)26-51-18-14-30(15-19-51)53-22-16-33-36(53)2-1-3-37(33)54-23-17-39(55)48-41(54)57;/h1-4,7,10-11,16,22,24,27,29-31H,5-6,8-9,12-15,17-21,23,26H2,(H,47,56)(H,48,55,57);1H. The minimum atomic E-state index is -4.65. The molecular weight excluding hydrogens is 787 g/mol. The summed E-state index contributed by atoms with van der Waals surface area (Å²) in [7, 11) is 0. The summed E-state index contributed by atoms with van der Waals surface area (Å²) in [6.45, 7) is 5.22. The minimum absolute atomic E-state index is 0. The largest absolute Gasteiger partial charge is 0.490 e. The first-order chi connectivity index (χ1) is 28.0. The van der Waals surface area contributed by atoms with Crippen LogP contribution in [0.2, 0.25) is 0 Å². The Kier molecular flexibility index (Phi) is 12.6. The van der Waals surface area contributed by atoms with Crippen LogP contribution < -0.4 is 25.2 Å². The molecule has 4 fully saturated rings. The zero-order chi connectivity index (χ0) is 40.4. The maximum atomic E-state index is 13.4. The van der Waals surface area contributed by atoms with Crippen LogP contribution >= 0.6 is 12.4 Å². The number of fused-ring (bicyclic) bond motifs is 1. The van der Waals surface area contributed by atoms with E-state index in [0.717, 1.165) is 92.9 Å². The molecule has 4 aromatic rings. The van der Waals surface area contributed by atoms with E-state index in [1.807, 2.05) is 18.2 Å². The van der Waals surface area contributed by atoms with Crippen molar-refractivity contribution in [2.24, 2.45) is 5.92 Å². The van der Waals surface area contributed by atoms with Crippen LogP contribution in [0.3, 0.4) is 0 Å². The highest BCUT2D eigenvalue weighted by Gasteiger charge is 2.35. The summed E-state index contributed by atoms with van der Waals surface area (Å²) in [5, 5.41) is 24.1. The van der Waals surface area contributed by atoms with Crippen molar-refractivity contribution in [1.82, 2.24) is 30.3 Å². The topological polar surface area (TPSA) is 149 Å². The second kappa shape index (κ2) is 17.8. The van der Waals surface area contributed by atoms with Crippen molar-refractivity contribution in [1.29, 1.82) is 5.26 Å². The molecule has 4 amide bonds. The number of halogens is 4. The molecule has 13 nitrogen and oxygen atoms in total. The van der Waals surface area contributed by atoms with E-state index < -0.39 is 17.3 Å². The van der Waals surface area contributed by atoms with Gasteiger partial charge in [-0.2, -0.15) is 18.4 Å². The summed E-state index contributed by atoms with van der Waals surface area (Å²) in [5.74, 6) is 0.860. The van der Waals surface area contributed by atoms with E-state index in [1.54, 1.807) is 17.0 Å². The highest BCUT2D eigenvalue weighted by atomic mass is 35.5. The van der Waals surface area contributed by atoms with Gasteiger partial charge in [-0.25, -0.2) is 4.79 Å². The summed E-state index contributed by atoms with van der Waals surface area (Å²) < 4.78 is 48.3. The lowest BCUT2D eigenvalue weighted by atomic mass is 9.92. The monoisotopic (exact) mass is 833 g/mol. The summed E-state index contributed by atoms with van der Waals surface area (Å²) in [6.07, 6.45) is 4.00. The number of rotatable bonds is 9. The molecule has 4 aliphatic rings. The molecule has 0 unspecified atom stereocenters. The normalized spacial score (nSPS) is 21.1. The number of aromatic nitrogens is 3. The Morgan fingerprint density at radius 1 is 0.915 bits per heavy atom. The van der Waals surface area contributed by atoms with Gasteiger partial charge in [0.25, 0.3) is 5.91 Å². The number of imide groups is 1. The fourth-order valence-electron chi connectivity index (χ4n) is 8.93. The van der Waals surface area contributed by atoms with Gasteiger partial charge in [-0.1, -0.05) is 6.07 Å². The number of carbonyl (C=O) groups is 3. The number of anilines is 2. The second-order valence-electron chi connectivity index (χ2n) is 15.8. The lowest BCUT2D eigenvalue weighted by molar-refractivity contribution is -0.138. The quantitative estimate of drug-likeness (QED) is 0.185. The number of benzene rings is 2. The minimum Gasteiger partial charge on any atom is -0.490 e. The first kappa shape index (κ1) is 41.7. The van der Waals surface area contributed by atoms with E-state index in [1.165, 1.54) is 6.07 Å². The molecule has 8 rings (SSSR count). The van der Waals surface area contributed by atoms with Crippen LogP contribution in [0.1, 0.15) is 85.4 Å². The van der Waals surface area contributed by atoms with Crippen molar-refractivity contribution in [3.05, 3.63) is 77.6 Å². The highest BCUT2D eigenvalue weighted by molar-refractivity contribution is 6.09. The number of urea groups is 1. The molecule has 3 saturated heterocycles. The van der Waals surface area contributed by atoms with Crippen molar-refractivity contribution in [2.45, 2.75) is 82.2 Å². The van der Waals surface area contributed by atoms with E-state index in [9.17, 15) is 27.6 Å². The number of carbonyl (C=O) groups excluding carboxylic acids is 3. The third-order valence-electron chi connectivity index (χ3n) is 12.1. The average Bonchev–Trinajstić information content (AvgIpc) is 3.67. The van der Waals surface area contributed by atoms with Crippen LogP contribution in [0.4, 0.5) is 29.5 Å². The van der Waals surface area contributed by atoms with Crippen LogP contribution in [0.25, 0.3) is 10.9 Å². The Morgan fingerprint density at radius 2 is 1.68 bits per heavy atom. The molecule has 0 radical (unpaired) electrons. The summed E-state index contributed by atoms with van der Waals surface area (Å²) in [5.41, 5.74) is 0.714. The number of nitrogens with one attached hydrogen (secondary N) is 2. The van der Waals surface area contributed by atoms with Gasteiger partial charge in [-0.15, -0.1) is 22.6 Å². The molecule has 0 atom stereocenters. The number of ether oxygens (including phenoxy) is 1. The van der Waals surface area contributed by atoms with Gasteiger partial charge in [0.15, 0.2) is 11.5 Å². The lowest BCUT2D eigenvalue weighted by Crippen LogP contribution is -2.49. The molecule has 2 aromatic heterocycles. The zero-order valence-electron chi connectivity index (χ0n) is 32.5. The SMILES string of the molecule is Cl.N#Cc1ccc(OC2CCC(NC(=O)c3ccc(N4CCC(CN5CCC(n6ccc7c(N8CCC(=O)NC8=O)cccc76)CC5)CC4)nn3)CC2)cc1C(F)(F)F. The van der Waals surface area contributed by atoms with Gasteiger partial charge in [0.1, 0.15) is 5.75 Å². The molecule has 1 saturated carbocycles. The Bertz CT molecular complexity index is 2190. The van der Waals surface area contributed by atoms with Gasteiger partial charge in [0.05, 0.1) is 34.5 Å². The van der Waals surface area contributed by atoms with Crippen LogP contribution in [-0.4, -0.2) is 88.9 Å². The molecule has 5 heterocycles. The second-order valence-corrected chi connectivity index (χ2v) is 15.8. The number of likely N-dealkylation sites (tertiary alicyclic amines) is 1. The molecular formula is C42H47ClF3N9O4. The number of hydrogen-bond acceptors (Lipinski definition) is 9. The smallest absolute Gasteiger partial charge is 0.417 e. The van der Waals surface area contributed by atoms with E-state index in [0.29, 0.717) is 50.6 Å². The zero-order valence-corrected chi connectivity index (χ0v) is 33.3. The number of amides is 4. The van der Waals surface area contributed by atoms with Gasteiger partial charge in [-0.05, 0) is 106 Å². The average molecular weight is 834 g/mol. The summed E-state index contributed by atoms with van der Waals surface area (Å²) >= 11 is 0. The van der Waals surface area contributed by atoms with Crippen LogP contribution in [-0.2, 0) is 11.0 Å². The number of alkyl halides is 3. The Hall–Kier alpha value is -5.40. The Labute approximate surface area is 346 Å². The molecule has 0 spiro atoms. The number of piperidine rings is 2. The van der Waals surface area contributed by atoms with E-state index >= 15 is 0 Å². The molecule has 3 aliphatic heterocycles. The molecule has 1 aliphatic carbocycles. The fraction of sp³-hybridized carbons (Fsp3) is 0.476. The maximum Gasteiger partial charge on any atom is 0.417 e. The van der Waals surface area contributed by atoms with Gasteiger partial charge in [-0.3, -0.25) is 19.8 Å². The van der Waals surface area contributed by atoms with Crippen molar-refractivity contribution < 1.29 is 32.3 Å². The van der Waals surface area contributed by atoms with E-state index in [-0.39, 0.29) is 53.8 Å². The Balaban J connectivity index is 0.00000528. The number of nitrogens with zero attached hydrogens (tertiary/aromatic N) is 7. The third-order valence-corrected chi connectivity index (χ3v) is 12.1. The third kappa shape index (κ3) is 9.42. The van der Waals surface area contributed by atoms with Crippen LogP contribution in [0.5, 0.6) is 5.75 Å². The van der Waals surface area contributed by atoms with E-state index in [2.05, 4.69) is 53.5 Å². The van der Waals surface area contributed by atoms with E-state index in [4.69, 9.17) is 10.00 Å². The Morgan fingerprint density at radius 3 is 2.36 bits per heavy atom. The predicted molar refractivity (Wildman–Crippen MR) is 217 cm³/mol. The van der Waals surface area contributed by atoms with Gasteiger partial charge in [0.2, 0.25) is 5.91 Å². The van der Waals surface area contributed by atoms with Crippen molar-refractivity contribution >= 4 is 52.7 Å². The van der Waals surface area contributed by atoms with Gasteiger partial charge >= 0.3 is 12.2 Å². The molecule has 59 heavy (non-hydrogen) atoms. The summed E-state index contributed by atoms with van der Waals surface area (Å²) in [4.78, 5) is 43.7. The van der Waals surface area contributed by atoms with Crippen LogP contribution in [0, 0.1) is 17.2 Å². The maximum absolute atomic E-state index is 13.4. The molecule has 2 aromatic carbocycles.